The summed E-state index contributed by atoms with van der Waals surface area (Å²) in [5.41, 5.74) is 1.56. The van der Waals surface area contributed by atoms with Crippen LogP contribution in [0, 0.1) is 29.1 Å². The van der Waals surface area contributed by atoms with Crippen LogP contribution in [-0.4, -0.2) is 21.8 Å². The third-order valence-electron chi connectivity index (χ3n) is 7.24. The third-order valence-corrected chi connectivity index (χ3v) is 8.11. The predicted molar refractivity (Wildman–Crippen MR) is 86.2 cm³/mol. The van der Waals surface area contributed by atoms with E-state index in [0.29, 0.717) is 17.6 Å². The molecule has 0 amide bonds. The Morgan fingerprint density at radius 2 is 2.05 bits per heavy atom. The molecule has 0 radical (unpaired) electrons. The highest BCUT2D eigenvalue weighted by molar-refractivity contribution is 9.09. The maximum atomic E-state index is 11.7. The number of carbonyl (C=O) groups is 1. The van der Waals surface area contributed by atoms with Crippen molar-refractivity contribution in [3.63, 3.8) is 0 Å². The molecule has 0 heterocycles. The van der Waals surface area contributed by atoms with Crippen molar-refractivity contribution in [2.45, 2.75) is 62.8 Å². The first-order chi connectivity index (χ1) is 10.0. The van der Waals surface area contributed by atoms with Gasteiger partial charge in [-0.05, 0) is 73.7 Å². The fourth-order valence-corrected chi connectivity index (χ4v) is 7.13. The van der Waals surface area contributed by atoms with Gasteiger partial charge in [-0.1, -0.05) is 28.4 Å². The van der Waals surface area contributed by atoms with Gasteiger partial charge in [0.15, 0.2) is 5.78 Å². The van der Waals surface area contributed by atoms with Crippen molar-refractivity contribution in [2.75, 3.05) is 0 Å². The number of fused-ring (bicyclic) bond motifs is 5. The van der Waals surface area contributed by atoms with Crippen molar-refractivity contribution in [3.8, 4) is 0 Å². The van der Waals surface area contributed by atoms with Crippen LogP contribution in [0.15, 0.2) is 11.6 Å². The van der Waals surface area contributed by atoms with E-state index in [-0.39, 0.29) is 16.3 Å². The summed E-state index contributed by atoms with van der Waals surface area (Å²) in [4.78, 5) is 12.0. The Labute approximate surface area is 135 Å². The van der Waals surface area contributed by atoms with Gasteiger partial charge in [-0.25, -0.2) is 0 Å². The molecule has 4 rings (SSSR count). The van der Waals surface area contributed by atoms with Gasteiger partial charge in [-0.15, -0.1) is 0 Å². The lowest BCUT2D eigenvalue weighted by Gasteiger charge is -2.53. The molecule has 0 unspecified atom stereocenters. The first-order valence-electron chi connectivity index (χ1n) is 8.56. The summed E-state index contributed by atoms with van der Waals surface area (Å²) >= 11 is 3.72. The molecular weight excluding hydrogens is 328 g/mol. The van der Waals surface area contributed by atoms with Gasteiger partial charge >= 0.3 is 0 Å². The Morgan fingerprint density at radius 1 is 1.24 bits per heavy atom. The van der Waals surface area contributed by atoms with Gasteiger partial charge in [0.05, 0.1) is 6.10 Å². The van der Waals surface area contributed by atoms with Crippen molar-refractivity contribution in [3.05, 3.63) is 11.6 Å². The van der Waals surface area contributed by atoms with Gasteiger partial charge in [-0.2, -0.15) is 0 Å². The van der Waals surface area contributed by atoms with Gasteiger partial charge < -0.3 is 5.11 Å². The number of alkyl halides is 1. The van der Waals surface area contributed by atoms with E-state index < -0.39 is 0 Å². The van der Waals surface area contributed by atoms with Crippen molar-refractivity contribution in [2.24, 2.45) is 29.1 Å². The Morgan fingerprint density at radius 3 is 2.86 bits per heavy atom. The highest BCUT2D eigenvalue weighted by atomic mass is 79.9. The molecule has 116 valence electrons. The van der Waals surface area contributed by atoms with E-state index in [2.05, 4.69) is 22.9 Å². The van der Waals surface area contributed by atoms with Crippen molar-refractivity contribution >= 4 is 21.7 Å². The van der Waals surface area contributed by atoms with E-state index in [0.717, 1.165) is 43.9 Å². The summed E-state index contributed by atoms with van der Waals surface area (Å²) in [6.07, 6.45) is 9.48. The molecule has 0 aromatic heterocycles. The molecule has 0 bridgehead atoms. The smallest absolute Gasteiger partial charge is 0.155 e. The van der Waals surface area contributed by atoms with Crippen molar-refractivity contribution in [1.82, 2.24) is 0 Å². The first-order valence-corrected chi connectivity index (χ1v) is 9.47. The molecule has 3 fully saturated rings. The molecular formula is C18H25BrO2. The van der Waals surface area contributed by atoms with E-state index in [1.54, 1.807) is 0 Å². The lowest BCUT2D eigenvalue weighted by molar-refractivity contribution is -0.116. The minimum atomic E-state index is -0.187. The number of ketones is 1. The Hall–Kier alpha value is -0.150. The quantitative estimate of drug-likeness (QED) is 0.672. The summed E-state index contributed by atoms with van der Waals surface area (Å²) in [7, 11) is 0. The normalized spacial score (nSPS) is 52.7. The number of aliphatic hydroxyl groups is 1. The standard InChI is InChI=1S/C18H25BrO2/c1-18-7-6-13-12-5-3-11(20)8-10(12)2-4-14(13)15(18)9-16(19)17(18)21/h8,12-17,21H,2-7,9H2,1H3/t12-,13+,14+,15-,16-,17-,18-/m0/s1. The van der Waals surface area contributed by atoms with Crippen molar-refractivity contribution in [1.29, 1.82) is 0 Å². The molecule has 1 N–H and O–H groups in total. The fraction of sp³-hybridized carbons (Fsp3) is 0.833. The maximum Gasteiger partial charge on any atom is 0.155 e. The Kier molecular flexibility index (Phi) is 3.39. The molecule has 0 saturated heterocycles. The topological polar surface area (TPSA) is 37.3 Å². The summed E-state index contributed by atoms with van der Waals surface area (Å²) < 4.78 is 0. The molecule has 7 atom stereocenters. The number of rotatable bonds is 0. The summed E-state index contributed by atoms with van der Waals surface area (Å²) in [5, 5.41) is 10.6. The zero-order chi connectivity index (χ0) is 14.8. The minimum absolute atomic E-state index is 0.112. The number of hydrogen-bond acceptors (Lipinski definition) is 2. The number of aliphatic hydroxyl groups excluding tert-OH is 1. The number of hydrogen-bond donors (Lipinski definition) is 1. The molecule has 4 aliphatic rings. The molecule has 3 heteroatoms. The minimum Gasteiger partial charge on any atom is -0.391 e. The molecule has 0 spiro atoms. The zero-order valence-corrected chi connectivity index (χ0v) is 14.3. The molecule has 3 saturated carbocycles. The molecule has 2 nitrogen and oxygen atoms in total. The van der Waals surface area contributed by atoms with E-state index in [1.165, 1.54) is 18.4 Å². The summed E-state index contributed by atoms with van der Waals surface area (Å²) in [6, 6.07) is 0. The van der Waals surface area contributed by atoms with Crippen LogP contribution in [0.2, 0.25) is 0 Å². The fourth-order valence-electron chi connectivity index (χ4n) is 6.12. The SMILES string of the molecule is C[C@]12CC[C@H]3[C@@H](CCC4=CC(=O)CC[C@@H]43)[C@@H]1C[C@H](Br)[C@@H]2O. The van der Waals surface area contributed by atoms with E-state index in [4.69, 9.17) is 0 Å². The van der Waals surface area contributed by atoms with E-state index >= 15 is 0 Å². The molecule has 0 aromatic rings. The van der Waals surface area contributed by atoms with Crippen LogP contribution in [0.5, 0.6) is 0 Å². The van der Waals surface area contributed by atoms with Crippen LogP contribution in [-0.2, 0) is 4.79 Å². The van der Waals surface area contributed by atoms with Crippen LogP contribution in [0.3, 0.4) is 0 Å². The van der Waals surface area contributed by atoms with E-state index in [1.807, 2.05) is 6.08 Å². The number of halogens is 1. The Bertz CT molecular complexity index is 499. The molecule has 0 aromatic carbocycles. The average Bonchev–Trinajstić information content (AvgIpc) is 2.70. The Balaban J connectivity index is 1.64. The van der Waals surface area contributed by atoms with Crippen molar-refractivity contribution < 1.29 is 9.90 Å². The third kappa shape index (κ3) is 2.03. The first kappa shape index (κ1) is 14.4. The monoisotopic (exact) mass is 352 g/mol. The van der Waals surface area contributed by atoms with Crippen LogP contribution in [0.1, 0.15) is 51.9 Å². The van der Waals surface area contributed by atoms with Gasteiger partial charge in [0.25, 0.3) is 0 Å². The highest BCUT2D eigenvalue weighted by Crippen LogP contribution is 2.62. The summed E-state index contributed by atoms with van der Waals surface area (Å²) in [5.74, 6) is 3.20. The van der Waals surface area contributed by atoms with Crippen LogP contribution in [0.25, 0.3) is 0 Å². The second-order valence-electron chi connectivity index (χ2n) is 8.04. The predicted octanol–water partition coefficient (Wildman–Crippen LogP) is 3.86. The van der Waals surface area contributed by atoms with Crippen LogP contribution < -0.4 is 0 Å². The average molecular weight is 353 g/mol. The highest BCUT2D eigenvalue weighted by Gasteiger charge is 2.58. The van der Waals surface area contributed by atoms with Gasteiger partial charge in [-0.3, -0.25) is 4.79 Å². The molecule has 21 heavy (non-hydrogen) atoms. The molecule has 0 aliphatic heterocycles. The lowest BCUT2D eigenvalue weighted by atomic mass is 9.52. The van der Waals surface area contributed by atoms with Crippen LogP contribution in [0.4, 0.5) is 0 Å². The van der Waals surface area contributed by atoms with E-state index in [9.17, 15) is 9.90 Å². The van der Waals surface area contributed by atoms with Gasteiger partial charge in [0.1, 0.15) is 0 Å². The van der Waals surface area contributed by atoms with Gasteiger partial charge in [0, 0.05) is 11.2 Å². The lowest BCUT2D eigenvalue weighted by Crippen LogP contribution is -2.47. The molecule has 4 aliphatic carbocycles. The maximum absolute atomic E-state index is 11.7. The largest absolute Gasteiger partial charge is 0.391 e. The number of allylic oxidation sites excluding steroid dienone is 1. The summed E-state index contributed by atoms with van der Waals surface area (Å²) in [6.45, 7) is 2.32. The second-order valence-corrected chi connectivity index (χ2v) is 9.22. The zero-order valence-electron chi connectivity index (χ0n) is 12.7. The van der Waals surface area contributed by atoms with Gasteiger partial charge in [0.2, 0.25) is 0 Å². The number of carbonyl (C=O) groups excluding carboxylic acids is 1. The van der Waals surface area contributed by atoms with Crippen LogP contribution >= 0.6 is 15.9 Å². The second kappa shape index (κ2) is 4.92.